The molecule has 3 N–H and O–H groups in total. The summed E-state index contributed by atoms with van der Waals surface area (Å²) in [5.74, 6) is 5.56. The Labute approximate surface area is 97.7 Å². The molecule has 1 atom stereocenters. The van der Waals surface area contributed by atoms with Gasteiger partial charge in [-0.3, -0.25) is 5.84 Å². The van der Waals surface area contributed by atoms with Gasteiger partial charge in [-0.25, -0.2) is 5.43 Å². The average Bonchev–Trinajstić information content (AvgIpc) is 2.72. The predicted octanol–water partition coefficient (Wildman–Crippen LogP) is 2.95. The summed E-state index contributed by atoms with van der Waals surface area (Å²) in [6.45, 7) is 0. The van der Waals surface area contributed by atoms with Gasteiger partial charge in [0.25, 0.3) is 0 Å². The van der Waals surface area contributed by atoms with Crippen molar-refractivity contribution in [3.8, 4) is 0 Å². The van der Waals surface area contributed by atoms with Crippen molar-refractivity contribution in [2.75, 3.05) is 0 Å². The molecule has 0 fully saturated rings. The van der Waals surface area contributed by atoms with Crippen LogP contribution in [0.2, 0.25) is 5.02 Å². The molecule has 0 spiro atoms. The minimum absolute atomic E-state index is 0.00921. The summed E-state index contributed by atoms with van der Waals surface area (Å²) in [4.78, 5) is 0. The van der Waals surface area contributed by atoms with E-state index < -0.39 is 0 Å². The number of benzene rings is 1. The first-order valence-electron chi connectivity index (χ1n) is 4.55. The molecule has 1 heterocycles. The molecule has 4 heteroatoms. The van der Waals surface area contributed by atoms with Crippen LogP contribution in [-0.4, -0.2) is 0 Å². The summed E-state index contributed by atoms with van der Waals surface area (Å²) < 4.78 is 0. The molecule has 0 saturated heterocycles. The fourth-order valence-corrected chi connectivity index (χ4v) is 2.40. The maximum atomic E-state index is 5.94. The van der Waals surface area contributed by atoms with Crippen molar-refractivity contribution in [1.29, 1.82) is 0 Å². The van der Waals surface area contributed by atoms with Gasteiger partial charge in [0.1, 0.15) is 0 Å². The second-order valence-corrected chi connectivity index (χ2v) is 4.43. The largest absolute Gasteiger partial charge is 0.271 e. The first-order valence-corrected chi connectivity index (χ1v) is 5.87. The summed E-state index contributed by atoms with van der Waals surface area (Å²) in [5, 5.41) is 4.83. The van der Waals surface area contributed by atoms with Gasteiger partial charge in [0.2, 0.25) is 0 Å². The molecule has 78 valence electrons. The van der Waals surface area contributed by atoms with E-state index in [1.54, 1.807) is 11.3 Å². The molecule has 2 aromatic rings. The summed E-state index contributed by atoms with van der Waals surface area (Å²) in [6, 6.07) is 9.77. The van der Waals surface area contributed by atoms with E-state index in [2.05, 4.69) is 16.9 Å². The maximum absolute atomic E-state index is 5.94. The summed E-state index contributed by atoms with van der Waals surface area (Å²) in [6.07, 6.45) is 0. The lowest BCUT2D eigenvalue weighted by Gasteiger charge is -2.15. The van der Waals surface area contributed by atoms with Crippen molar-refractivity contribution in [2.24, 2.45) is 5.84 Å². The maximum Gasteiger partial charge on any atom is 0.0718 e. The molecule has 1 aromatic carbocycles. The Hall–Kier alpha value is -0.870. The summed E-state index contributed by atoms with van der Waals surface area (Å²) in [7, 11) is 0. The Kier molecular flexibility index (Phi) is 3.38. The fraction of sp³-hybridized carbons (Fsp3) is 0.0909. The predicted molar refractivity (Wildman–Crippen MR) is 64.9 cm³/mol. The average molecular weight is 239 g/mol. The highest BCUT2D eigenvalue weighted by atomic mass is 35.5. The third-order valence-corrected chi connectivity index (χ3v) is 3.16. The molecule has 15 heavy (non-hydrogen) atoms. The highest BCUT2D eigenvalue weighted by Crippen LogP contribution is 2.25. The van der Waals surface area contributed by atoms with Crippen molar-refractivity contribution in [1.82, 2.24) is 5.43 Å². The van der Waals surface area contributed by atoms with Crippen molar-refractivity contribution in [3.05, 3.63) is 57.2 Å². The number of thiophene rings is 1. The Morgan fingerprint density at radius 2 is 2.13 bits per heavy atom. The van der Waals surface area contributed by atoms with Crippen LogP contribution in [0.1, 0.15) is 17.2 Å². The van der Waals surface area contributed by atoms with E-state index in [0.717, 1.165) is 16.1 Å². The third kappa shape index (κ3) is 2.38. The first-order chi connectivity index (χ1) is 7.31. The zero-order chi connectivity index (χ0) is 10.7. The van der Waals surface area contributed by atoms with E-state index in [4.69, 9.17) is 17.4 Å². The van der Waals surface area contributed by atoms with Gasteiger partial charge in [0.15, 0.2) is 0 Å². The van der Waals surface area contributed by atoms with Crippen LogP contribution in [0.5, 0.6) is 0 Å². The monoisotopic (exact) mass is 238 g/mol. The Bertz CT molecular complexity index is 428. The highest BCUT2D eigenvalue weighted by molar-refractivity contribution is 7.08. The number of rotatable bonds is 3. The lowest BCUT2D eigenvalue weighted by Crippen LogP contribution is -2.28. The molecule has 0 saturated carbocycles. The Balaban J connectivity index is 2.35. The zero-order valence-electron chi connectivity index (χ0n) is 7.98. The van der Waals surface area contributed by atoms with E-state index in [0.29, 0.717) is 0 Å². The van der Waals surface area contributed by atoms with Gasteiger partial charge in [0.05, 0.1) is 6.04 Å². The van der Waals surface area contributed by atoms with Crippen LogP contribution in [0.15, 0.2) is 41.1 Å². The topological polar surface area (TPSA) is 38.0 Å². The van der Waals surface area contributed by atoms with E-state index in [9.17, 15) is 0 Å². The van der Waals surface area contributed by atoms with Gasteiger partial charge < -0.3 is 0 Å². The van der Waals surface area contributed by atoms with Gasteiger partial charge in [-0.1, -0.05) is 23.7 Å². The zero-order valence-corrected chi connectivity index (χ0v) is 9.55. The second kappa shape index (κ2) is 4.77. The van der Waals surface area contributed by atoms with Gasteiger partial charge >= 0.3 is 0 Å². The van der Waals surface area contributed by atoms with Crippen LogP contribution >= 0.6 is 22.9 Å². The molecule has 1 unspecified atom stereocenters. The summed E-state index contributed by atoms with van der Waals surface area (Å²) in [5.41, 5.74) is 5.03. The van der Waals surface area contributed by atoms with E-state index in [1.807, 2.05) is 29.6 Å². The lowest BCUT2D eigenvalue weighted by atomic mass is 10.0. The number of hydrogen-bond acceptors (Lipinski definition) is 3. The lowest BCUT2D eigenvalue weighted by molar-refractivity contribution is 0.639. The van der Waals surface area contributed by atoms with Gasteiger partial charge in [-0.2, -0.15) is 11.3 Å². The van der Waals surface area contributed by atoms with Crippen LogP contribution in [0.4, 0.5) is 0 Å². The van der Waals surface area contributed by atoms with Gasteiger partial charge in [0, 0.05) is 5.02 Å². The molecule has 0 amide bonds. The molecule has 0 aliphatic carbocycles. The third-order valence-electron chi connectivity index (χ3n) is 2.23. The molecule has 1 aromatic heterocycles. The minimum atomic E-state index is 0.00921. The minimum Gasteiger partial charge on any atom is -0.271 e. The van der Waals surface area contributed by atoms with Crippen molar-refractivity contribution < 1.29 is 0 Å². The molecule has 0 aliphatic heterocycles. The van der Waals surface area contributed by atoms with Crippen LogP contribution < -0.4 is 11.3 Å². The van der Waals surface area contributed by atoms with Crippen LogP contribution in [-0.2, 0) is 0 Å². The SMILES string of the molecule is NNC(c1ccsc1)c1cccc(Cl)c1. The molecule has 0 aliphatic rings. The Morgan fingerprint density at radius 3 is 2.73 bits per heavy atom. The number of nitrogens with two attached hydrogens (primary N) is 1. The fourth-order valence-electron chi connectivity index (χ4n) is 1.51. The molecular formula is C11H11ClN2S. The van der Waals surface area contributed by atoms with Crippen molar-refractivity contribution >= 4 is 22.9 Å². The van der Waals surface area contributed by atoms with E-state index in [1.165, 1.54) is 0 Å². The number of hydrogen-bond donors (Lipinski definition) is 2. The second-order valence-electron chi connectivity index (χ2n) is 3.21. The highest BCUT2D eigenvalue weighted by Gasteiger charge is 2.12. The molecule has 0 bridgehead atoms. The smallest absolute Gasteiger partial charge is 0.0718 e. The molecule has 2 rings (SSSR count). The van der Waals surface area contributed by atoms with E-state index >= 15 is 0 Å². The van der Waals surface area contributed by atoms with Gasteiger partial charge in [-0.05, 0) is 40.1 Å². The van der Waals surface area contributed by atoms with Crippen molar-refractivity contribution in [2.45, 2.75) is 6.04 Å². The standard InChI is InChI=1S/C11H11ClN2S/c12-10-3-1-2-8(6-10)11(14-13)9-4-5-15-7-9/h1-7,11,14H,13H2. The quantitative estimate of drug-likeness (QED) is 0.637. The molecule has 2 nitrogen and oxygen atoms in total. The summed E-state index contributed by atoms with van der Waals surface area (Å²) >= 11 is 7.59. The normalized spacial score (nSPS) is 12.7. The molecular weight excluding hydrogens is 228 g/mol. The van der Waals surface area contributed by atoms with Crippen LogP contribution in [0.3, 0.4) is 0 Å². The first kappa shape index (κ1) is 10.6. The van der Waals surface area contributed by atoms with Crippen LogP contribution in [0, 0.1) is 0 Å². The molecule has 0 radical (unpaired) electrons. The number of hydrazine groups is 1. The van der Waals surface area contributed by atoms with E-state index in [-0.39, 0.29) is 6.04 Å². The number of nitrogens with one attached hydrogen (secondary N) is 1. The number of halogens is 1. The van der Waals surface area contributed by atoms with Crippen molar-refractivity contribution in [3.63, 3.8) is 0 Å². The van der Waals surface area contributed by atoms with Gasteiger partial charge in [-0.15, -0.1) is 0 Å². The Morgan fingerprint density at radius 1 is 1.27 bits per heavy atom. The van der Waals surface area contributed by atoms with Crippen LogP contribution in [0.25, 0.3) is 0 Å².